The molecular weight excluding hydrogens is 324 g/mol. The maximum atomic E-state index is 11.9. The average Bonchev–Trinajstić information content (AvgIpc) is 2.69. The molecule has 0 saturated carbocycles. The summed E-state index contributed by atoms with van der Waals surface area (Å²) in [5, 5.41) is 2.94. The molecule has 1 fully saturated rings. The molecule has 3 rings (SSSR count). The molecular formula is C21H30N4O. The largest absolute Gasteiger partial charge is 0.369 e. The molecule has 1 aliphatic heterocycles. The van der Waals surface area contributed by atoms with Gasteiger partial charge in [-0.05, 0) is 43.7 Å². The number of hydrogen-bond acceptors (Lipinski definition) is 4. The zero-order chi connectivity index (χ0) is 17.3. The number of carbonyl (C=O) groups is 1. The number of nitrogens with zero attached hydrogens (tertiary/aromatic N) is 3. The molecule has 0 spiro atoms. The summed E-state index contributed by atoms with van der Waals surface area (Å²) >= 11 is 0. The van der Waals surface area contributed by atoms with Gasteiger partial charge in [-0.3, -0.25) is 14.7 Å². The van der Waals surface area contributed by atoms with Crippen LogP contribution >= 0.6 is 0 Å². The number of unbranched alkanes of at least 4 members (excludes halogenated alkanes) is 1. The quantitative estimate of drug-likeness (QED) is 0.777. The van der Waals surface area contributed by atoms with Crippen molar-refractivity contribution in [3.63, 3.8) is 0 Å². The topological polar surface area (TPSA) is 48.5 Å². The molecule has 0 bridgehead atoms. The van der Waals surface area contributed by atoms with Crippen LogP contribution in [0.2, 0.25) is 0 Å². The molecule has 140 valence electrons. The number of piperazine rings is 1. The van der Waals surface area contributed by atoms with Crippen molar-refractivity contribution >= 4 is 11.6 Å². The number of carbonyl (C=O) groups excluding carboxylic acids is 1. The minimum absolute atomic E-state index is 0. The van der Waals surface area contributed by atoms with Crippen molar-refractivity contribution in [2.45, 2.75) is 20.3 Å². The van der Waals surface area contributed by atoms with Gasteiger partial charge in [-0.15, -0.1) is 0 Å². The fraction of sp³-hybridized carbons (Fsp3) is 0.429. The molecule has 2 aromatic rings. The van der Waals surface area contributed by atoms with Gasteiger partial charge < -0.3 is 10.2 Å². The van der Waals surface area contributed by atoms with E-state index in [1.807, 2.05) is 12.1 Å². The number of rotatable bonds is 7. The minimum Gasteiger partial charge on any atom is -0.369 e. The van der Waals surface area contributed by atoms with Gasteiger partial charge in [0.15, 0.2) is 0 Å². The maximum Gasteiger partial charge on any atom is 0.269 e. The first-order valence-corrected chi connectivity index (χ1v) is 9.04. The molecule has 1 saturated heterocycles. The van der Waals surface area contributed by atoms with E-state index in [0.29, 0.717) is 12.2 Å². The monoisotopic (exact) mass is 354 g/mol. The first-order valence-electron chi connectivity index (χ1n) is 9.04. The highest BCUT2D eigenvalue weighted by atomic mass is 16.1. The van der Waals surface area contributed by atoms with Crippen LogP contribution in [-0.2, 0) is 0 Å². The Balaban J connectivity index is 0.00000243. The van der Waals surface area contributed by atoms with Crippen LogP contribution in [0.4, 0.5) is 5.69 Å². The summed E-state index contributed by atoms with van der Waals surface area (Å²) in [6.45, 7) is 6.19. The zero-order valence-corrected chi connectivity index (χ0v) is 14.6. The fourth-order valence-corrected chi connectivity index (χ4v) is 3.12. The van der Waals surface area contributed by atoms with E-state index in [1.165, 1.54) is 5.69 Å². The van der Waals surface area contributed by atoms with Crippen molar-refractivity contribution < 1.29 is 4.79 Å². The first kappa shape index (κ1) is 19.9. The van der Waals surface area contributed by atoms with E-state index in [4.69, 9.17) is 0 Å². The van der Waals surface area contributed by atoms with E-state index in [9.17, 15) is 4.79 Å². The zero-order valence-electron chi connectivity index (χ0n) is 14.6. The summed E-state index contributed by atoms with van der Waals surface area (Å²) in [6, 6.07) is 16.0. The Bertz CT molecular complexity index is 640. The Labute approximate surface area is 157 Å². The third-order valence-electron chi connectivity index (χ3n) is 4.58. The second kappa shape index (κ2) is 10.6. The normalized spacial score (nSPS) is 14.5. The Hall–Kier alpha value is -2.40. The van der Waals surface area contributed by atoms with Crippen LogP contribution in [-0.4, -0.2) is 55.1 Å². The van der Waals surface area contributed by atoms with E-state index in [-0.39, 0.29) is 13.3 Å². The molecule has 2 heterocycles. The van der Waals surface area contributed by atoms with Gasteiger partial charge in [0.2, 0.25) is 0 Å². The number of pyridine rings is 1. The fourth-order valence-electron chi connectivity index (χ4n) is 3.12. The van der Waals surface area contributed by atoms with Crippen LogP contribution in [0.1, 0.15) is 30.8 Å². The van der Waals surface area contributed by atoms with Crippen molar-refractivity contribution in [1.29, 1.82) is 0 Å². The lowest BCUT2D eigenvalue weighted by Gasteiger charge is -2.36. The van der Waals surface area contributed by atoms with Crippen molar-refractivity contribution in [2.24, 2.45) is 0 Å². The highest BCUT2D eigenvalue weighted by Crippen LogP contribution is 2.15. The molecule has 1 N–H and O–H groups in total. The van der Waals surface area contributed by atoms with Gasteiger partial charge in [0, 0.05) is 44.6 Å². The second-order valence-electron chi connectivity index (χ2n) is 6.34. The number of hydrogen-bond donors (Lipinski definition) is 1. The highest BCUT2D eigenvalue weighted by Gasteiger charge is 2.16. The number of aromatic nitrogens is 1. The molecule has 1 aromatic heterocycles. The van der Waals surface area contributed by atoms with Crippen LogP contribution < -0.4 is 10.2 Å². The first-order chi connectivity index (χ1) is 12.3. The Morgan fingerprint density at radius 2 is 1.69 bits per heavy atom. The van der Waals surface area contributed by atoms with E-state index < -0.39 is 0 Å². The smallest absolute Gasteiger partial charge is 0.269 e. The lowest BCUT2D eigenvalue weighted by Crippen LogP contribution is -2.46. The van der Waals surface area contributed by atoms with E-state index in [2.05, 4.69) is 50.4 Å². The van der Waals surface area contributed by atoms with Gasteiger partial charge in [-0.1, -0.05) is 31.7 Å². The second-order valence-corrected chi connectivity index (χ2v) is 6.34. The van der Waals surface area contributed by atoms with Gasteiger partial charge in [-0.25, -0.2) is 0 Å². The summed E-state index contributed by atoms with van der Waals surface area (Å²) in [7, 11) is 0. The van der Waals surface area contributed by atoms with Gasteiger partial charge in [0.25, 0.3) is 5.91 Å². The van der Waals surface area contributed by atoms with Crippen LogP contribution in [0, 0.1) is 0 Å². The van der Waals surface area contributed by atoms with Crippen LogP contribution in [0.25, 0.3) is 0 Å². The summed E-state index contributed by atoms with van der Waals surface area (Å²) in [6.07, 6.45) is 3.75. The number of benzene rings is 1. The average molecular weight is 354 g/mol. The molecule has 0 radical (unpaired) electrons. The van der Waals surface area contributed by atoms with E-state index >= 15 is 0 Å². The van der Waals surface area contributed by atoms with Crippen molar-refractivity contribution in [2.75, 3.05) is 44.2 Å². The predicted octanol–water partition coefficient (Wildman–Crippen LogP) is 3.05. The summed E-state index contributed by atoms with van der Waals surface area (Å²) in [5.74, 6) is -0.0860. The Morgan fingerprint density at radius 3 is 2.38 bits per heavy atom. The van der Waals surface area contributed by atoms with Crippen molar-refractivity contribution in [1.82, 2.24) is 15.2 Å². The van der Waals surface area contributed by atoms with E-state index in [1.54, 1.807) is 12.3 Å². The number of amides is 1. The lowest BCUT2D eigenvalue weighted by atomic mass is 10.2. The molecule has 1 amide bonds. The lowest BCUT2D eigenvalue weighted by molar-refractivity contribution is 0.0947. The highest BCUT2D eigenvalue weighted by molar-refractivity contribution is 5.92. The molecule has 1 aliphatic rings. The molecule has 0 atom stereocenters. The molecule has 26 heavy (non-hydrogen) atoms. The SMILES string of the molecule is C.O=C(NCCCCN1CCN(c2ccccc2)CC1)c1ccccn1. The maximum absolute atomic E-state index is 11.9. The number of anilines is 1. The standard InChI is InChI=1S/C20H26N4O.CH4/c25-20(19-10-4-5-11-21-19)22-12-6-7-13-23-14-16-24(17-15-23)18-8-2-1-3-9-18;/h1-5,8-11H,6-7,12-17H2,(H,22,25);1H4. The van der Waals surface area contributed by atoms with Crippen LogP contribution in [0.5, 0.6) is 0 Å². The molecule has 5 heteroatoms. The Morgan fingerprint density at radius 1 is 0.962 bits per heavy atom. The third-order valence-corrected chi connectivity index (χ3v) is 4.58. The van der Waals surface area contributed by atoms with Gasteiger partial charge >= 0.3 is 0 Å². The van der Waals surface area contributed by atoms with Crippen LogP contribution in [0.3, 0.4) is 0 Å². The van der Waals surface area contributed by atoms with Crippen molar-refractivity contribution in [3.8, 4) is 0 Å². The van der Waals surface area contributed by atoms with Crippen LogP contribution in [0.15, 0.2) is 54.7 Å². The molecule has 0 aliphatic carbocycles. The van der Waals surface area contributed by atoms with Gasteiger partial charge in [-0.2, -0.15) is 0 Å². The molecule has 0 unspecified atom stereocenters. The van der Waals surface area contributed by atoms with E-state index in [0.717, 1.165) is 45.6 Å². The predicted molar refractivity (Wildman–Crippen MR) is 108 cm³/mol. The number of nitrogens with one attached hydrogen (secondary N) is 1. The third kappa shape index (κ3) is 5.85. The molecule has 1 aromatic carbocycles. The van der Waals surface area contributed by atoms with Gasteiger partial charge in [0.1, 0.15) is 5.69 Å². The summed E-state index contributed by atoms with van der Waals surface area (Å²) in [4.78, 5) is 20.9. The number of para-hydroxylation sites is 1. The molecule has 5 nitrogen and oxygen atoms in total. The van der Waals surface area contributed by atoms with Crippen molar-refractivity contribution in [3.05, 3.63) is 60.4 Å². The summed E-state index contributed by atoms with van der Waals surface area (Å²) in [5.41, 5.74) is 1.80. The Kier molecular flexibility index (Phi) is 8.09. The summed E-state index contributed by atoms with van der Waals surface area (Å²) < 4.78 is 0. The van der Waals surface area contributed by atoms with Gasteiger partial charge in [0.05, 0.1) is 0 Å². The minimum atomic E-state index is -0.0860.